The van der Waals surface area contributed by atoms with Crippen molar-refractivity contribution in [2.45, 2.75) is 18.9 Å². The van der Waals surface area contributed by atoms with Crippen molar-refractivity contribution in [1.82, 2.24) is 20.4 Å². The largest absolute Gasteiger partial charge is 0.348 e. The van der Waals surface area contributed by atoms with Gasteiger partial charge in [-0.2, -0.15) is 0 Å². The SMILES string of the molecule is CN1CCCC(NC(=O)c2cc(Cl)nnc2Cl)C1. The first-order valence-corrected chi connectivity index (χ1v) is 6.50. The van der Waals surface area contributed by atoms with Crippen LogP contribution in [0.25, 0.3) is 0 Å². The third kappa shape index (κ3) is 3.31. The molecule has 98 valence electrons. The molecule has 1 fully saturated rings. The van der Waals surface area contributed by atoms with E-state index in [4.69, 9.17) is 23.2 Å². The second kappa shape index (κ2) is 5.82. The standard InChI is InChI=1S/C11H14Cl2N4O/c1-17-4-2-3-7(6-17)14-11(18)8-5-9(12)15-16-10(8)13/h5,7H,2-4,6H2,1H3,(H,14,18). The summed E-state index contributed by atoms with van der Waals surface area (Å²) >= 11 is 11.5. The molecular weight excluding hydrogens is 275 g/mol. The minimum atomic E-state index is -0.253. The van der Waals surface area contributed by atoms with Crippen LogP contribution < -0.4 is 5.32 Å². The fourth-order valence-corrected chi connectivity index (χ4v) is 2.38. The molecule has 1 aromatic rings. The Balaban J connectivity index is 2.05. The molecule has 1 aliphatic rings. The average molecular weight is 289 g/mol. The monoisotopic (exact) mass is 288 g/mol. The molecular formula is C11H14Cl2N4O. The molecule has 0 saturated carbocycles. The van der Waals surface area contributed by atoms with Crippen LogP contribution in [0.5, 0.6) is 0 Å². The molecule has 5 nitrogen and oxygen atoms in total. The van der Waals surface area contributed by atoms with Gasteiger partial charge >= 0.3 is 0 Å². The Hall–Kier alpha value is -0.910. The van der Waals surface area contributed by atoms with E-state index in [0.717, 1.165) is 25.9 Å². The Bertz CT molecular complexity index is 455. The van der Waals surface area contributed by atoms with E-state index in [1.807, 2.05) is 7.05 Å². The van der Waals surface area contributed by atoms with Gasteiger partial charge in [0.2, 0.25) is 0 Å². The van der Waals surface area contributed by atoms with E-state index in [1.165, 1.54) is 6.07 Å². The Morgan fingerprint density at radius 3 is 3.00 bits per heavy atom. The molecule has 0 aromatic carbocycles. The van der Waals surface area contributed by atoms with Gasteiger partial charge in [-0.3, -0.25) is 4.79 Å². The number of hydrogen-bond donors (Lipinski definition) is 1. The van der Waals surface area contributed by atoms with Crippen LogP contribution in [-0.4, -0.2) is 47.2 Å². The molecule has 1 aromatic heterocycles. The summed E-state index contributed by atoms with van der Waals surface area (Å²) in [6, 6.07) is 1.57. The second-order valence-electron chi connectivity index (χ2n) is 4.45. The van der Waals surface area contributed by atoms with E-state index in [0.29, 0.717) is 0 Å². The minimum Gasteiger partial charge on any atom is -0.348 e. The van der Waals surface area contributed by atoms with E-state index in [-0.39, 0.29) is 27.8 Å². The number of piperidine rings is 1. The molecule has 0 aliphatic carbocycles. The normalized spacial score (nSPS) is 20.7. The van der Waals surface area contributed by atoms with Crippen LogP contribution in [0.15, 0.2) is 6.07 Å². The Morgan fingerprint density at radius 2 is 2.28 bits per heavy atom. The first-order valence-electron chi connectivity index (χ1n) is 5.74. The number of rotatable bonds is 2. The lowest BCUT2D eigenvalue weighted by atomic mass is 10.1. The summed E-state index contributed by atoms with van der Waals surface area (Å²) in [6.07, 6.45) is 2.05. The van der Waals surface area contributed by atoms with Crippen molar-refractivity contribution in [3.05, 3.63) is 21.9 Å². The molecule has 7 heteroatoms. The van der Waals surface area contributed by atoms with Crippen molar-refractivity contribution in [2.24, 2.45) is 0 Å². The van der Waals surface area contributed by atoms with E-state index in [1.54, 1.807) is 0 Å². The third-order valence-corrected chi connectivity index (χ3v) is 3.39. The molecule has 1 amide bonds. The third-order valence-electron chi connectivity index (χ3n) is 2.92. The van der Waals surface area contributed by atoms with Crippen LogP contribution in [0.3, 0.4) is 0 Å². The lowest BCUT2D eigenvalue weighted by Crippen LogP contribution is -2.46. The van der Waals surface area contributed by atoms with E-state index < -0.39 is 0 Å². The molecule has 2 rings (SSSR count). The van der Waals surface area contributed by atoms with Gasteiger partial charge in [0.1, 0.15) is 0 Å². The predicted octanol–water partition coefficient (Wildman–Crippen LogP) is 1.61. The van der Waals surface area contributed by atoms with Crippen LogP contribution in [-0.2, 0) is 0 Å². The van der Waals surface area contributed by atoms with Gasteiger partial charge in [0.05, 0.1) is 5.56 Å². The molecule has 1 aliphatic heterocycles. The van der Waals surface area contributed by atoms with Gasteiger partial charge in [0, 0.05) is 12.6 Å². The Kier molecular flexibility index (Phi) is 4.37. The summed E-state index contributed by atoms with van der Waals surface area (Å²) < 4.78 is 0. The van der Waals surface area contributed by atoms with Crippen LogP contribution >= 0.6 is 23.2 Å². The Morgan fingerprint density at radius 1 is 1.50 bits per heavy atom. The van der Waals surface area contributed by atoms with Gasteiger partial charge in [0.25, 0.3) is 5.91 Å². The zero-order valence-electron chi connectivity index (χ0n) is 9.99. The maximum atomic E-state index is 12.1. The quantitative estimate of drug-likeness (QED) is 0.898. The van der Waals surface area contributed by atoms with Gasteiger partial charge in [-0.1, -0.05) is 23.2 Å². The predicted molar refractivity (Wildman–Crippen MR) is 70.0 cm³/mol. The van der Waals surface area contributed by atoms with Crippen LogP contribution in [0.2, 0.25) is 10.3 Å². The lowest BCUT2D eigenvalue weighted by Gasteiger charge is -2.30. The van der Waals surface area contributed by atoms with Gasteiger partial charge in [0.15, 0.2) is 10.3 Å². The fraction of sp³-hybridized carbons (Fsp3) is 0.545. The number of nitrogens with one attached hydrogen (secondary N) is 1. The summed E-state index contributed by atoms with van der Waals surface area (Å²) in [7, 11) is 2.04. The molecule has 0 bridgehead atoms. The number of carbonyl (C=O) groups is 1. The first kappa shape index (κ1) is 13.5. The summed E-state index contributed by atoms with van der Waals surface area (Å²) in [5.74, 6) is -0.253. The van der Waals surface area contributed by atoms with Crippen molar-refractivity contribution in [1.29, 1.82) is 0 Å². The highest BCUT2D eigenvalue weighted by Gasteiger charge is 2.21. The smallest absolute Gasteiger partial charge is 0.254 e. The van der Waals surface area contributed by atoms with Crippen molar-refractivity contribution in [3.8, 4) is 0 Å². The number of carbonyl (C=O) groups excluding carboxylic acids is 1. The molecule has 0 spiro atoms. The van der Waals surface area contributed by atoms with E-state index in [2.05, 4.69) is 20.4 Å². The molecule has 2 heterocycles. The topological polar surface area (TPSA) is 58.1 Å². The number of likely N-dealkylation sites (N-methyl/N-ethyl adjacent to an activating group) is 1. The minimum absolute atomic E-state index is 0.0704. The number of hydrogen-bond acceptors (Lipinski definition) is 4. The van der Waals surface area contributed by atoms with Crippen LogP contribution in [0.1, 0.15) is 23.2 Å². The summed E-state index contributed by atoms with van der Waals surface area (Å²) in [5, 5.41) is 10.4. The number of aromatic nitrogens is 2. The average Bonchev–Trinajstić information content (AvgIpc) is 2.32. The van der Waals surface area contributed by atoms with Crippen LogP contribution in [0, 0.1) is 0 Å². The van der Waals surface area contributed by atoms with E-state index in [9.17, 15) is 4.79 Å². The molecule has 18 heavy (non-hydrogen) atoms. The van der Waals surface area contributed by atoms with Gasteiger partial charge < -0.3 is 10.2 Å². The maximum absolute atomic E-state index is 12.1. The van der Waals surface area contributed by atoms with Crippen LogP contribution in [0.4, 0.5) is 0 Å². The number of likely N-dealkylation sites (tertiary alicyclic amines) is 1. The van der Waals surface area contributed by atoms with Gasteiger partial charge in [-0.25, -0.2) is 0 Å². The molecule has 1 atom stereocenters. The fourth-order valence-electron chi connectivity index (χ4n) is 2.06. The number of amides is 1. The highest BCUT2D eigenvalue weighted by atomic mass is 35.5. The summed E-state index contributed by atoms with van der Waals surface area (Å²) in [4.78, 5) is 14.2. The molecule has 0 radical (unpaired) electrons. The second-order valence-corrected chi connectivity index (χ2v) is 5.19. The van der Waals surface area contributed by atoms with Gasteiger partial charge in [-0.15, -0.1) is 10.2 Å². The van der Waals surface area contributed by atoms with Gasteiger partial charge in [-0.05, 0) is 32.5 Å². The molecule has 1 saturated heterocycles. The zero-order chi connectivity index (χ0) is 13.1. The maximum Gasteiger partial charge on any atom is 0.254 e. The van der Waals surface area contributed by atoms with Crippen molar-refractivity contribution in [3.63, 3.8) is 0 Å². The first-order chi connectivity index (χ1) is 8.56. The summed E-state index contributed by atoms with van der Waals surface area (Å²) in [6.45, 7) is 1.91. The number of halogens is 2. The number of nitrogens with zero attached hydrogens (tertiary/aromatic N) is 3. The van der Waals surface area contributed by atoms with Crippen molar-refractivity contribution < 1.29 is 4.79 Å². The Labute approximate surface area is 115 Å². The molecule has 1 N–H and O–H groups in total. The lowest BCUT2D eigenvalue weighted by molar-refractivity contribution is 0.0912. The highest BCUT2D eigenvalue weighted by Crippen LogP contribution is 2.16. The summed E-state index contributed by atoms with van der Waals surface area (Å²) in [5.41, 5.74) is 0.268. The van der Waals surface area contributed by atoms with Crippen molar-refractivity contribution in [2.75, 3.05) is 20.1 Å². The van der Waals surface area contributed by atoms with E-state index >= 15 is 0 Å². The van der Waals surface area contributed by atoms with Crippen molar-refractivity contribution >= 4 is 29.1 Å². The zero-order valence-corrected chi connectivity index (χ0v) is 11.5. The highest BCUT2D eigenvalue weighted by molar-refractivity contribution is 6.34. The molecule has 1 unspecified atom stereocenters.